The third-order valence-electron chi connectivity index (χ3n) is 2.63. The lowest BCUT2D eigenvalue weighted by Gasteiger charge is -2.09. The summed E-state index contributed by atoms with van der Waals surface area (Å²) in [6.45, 7) is 3.71. The summed E-state index contributed by atoms with van der Waals surface area (Å²) in [6, 6.07) is 9.92. The van der Waals surface area contributed by atoms with Crippen LogP contribution in [0.25, 0.3) is 0 Å². The summed E-state index contributed by atoms with van der Waals surface area (Å²) in [6.07, 6.45) is 1.47. The van der Waals surface area contributed by atoms with E-state index in [0.717, 1.165) is 6.42 Å². The van der Waals surface area contributed by atoms with Gasteiger partial charge in [0, 0.05) is 5.92 Å². The molecule has 0 heterocycles. The Kier molecular flexibility index (Phi) is 5.40. The molecule has 1 aromatic carbocycles. The van der Waals surface area contributed by atoms with Crippen molar-refractivity contribution < 1.29 is 14.3 Å². The van der Waals surface area contributed by atoms with Crippen molar-refractivity contribution in [3.05, 3.63) is 35.9 Å². The second kappa shape index (κ2) is 6.84. The van der Waals surface area contributed by atoms with E-state index in [4.69, 9.17) is 0 Å². The zero-order valence-electron chi connectivity index (χ0n) is 10.3. The predicted octanol–water partition coefficient (Wildman–Crippen LogP) is 2.39. The number of Topliss-reactive ketones (excluding diaryl/α,β-unsaturated/α-hetero) is 1. The number of ether oxygens (including phenoxy) is 1. The van der Waals surface area contributed by atoms with Crippen molar-refractivity contribution >= 4 is 11.8 Å². The fourth-order valence-electron chi connectivity index (χ4n) is 1.56. The van der Waals surface area contributed by atoms with Crippen LogP contribution in [-0.2, 0) is 20.7 Å². The molecule has 0 saturated heterocycles. The van der Waals surface area contributed by atoms with E-state index in [-0.39, 0.29) is 12.5 Å². The minimum atomic E-state index is -0.715. The van der Waals surface area contributed by atoms with Gasteiger partial charge in [0.25, 0.3) is 0 Å². The SMILES string of the molecule is CCOC(=O)C(=O)C(C)CCc1ccccc1. The number of carbonyl (C=O) groups is 2. The maximum absolute atomic E-state index is 11.6. The van der Waals surface area contributed by atoms with E-state index in [1.165, 1.54) is 5.56 Å². The summed E-state index contributed by atoms with van der Waals surface area (Å²) in [5.74, 6) is -1.43. The molecule has 0 spiro atoms. The summed E-state index contributed by atoms with van der Waals surface area (Å²) in [5, 5.41) is 0. The average molecular weight is 234 g/mol. The molecule has 0 aromatic heterocycles. The summed E-state index contributed by atoms with van der Waals surface area (Å²) in [5.41, 5.74) is 1.18. The number of aryl methyl sites for hydroxylation is 1. The molecular weight excluding hydrogens is 216 g/mol. The van der Waals surface area contributed by atoms with E-state index < -0.39 is 11.8 Å². The van der Waals surface area contributed by atoms with Crippen molar-refractivity contribution in [2.75, 3.05) is 6.61 Å². The van der Waals surface area contributed by atoms with Crippen molar-refractivity contribution in [3.8, 4) is 0 Å². The van der Waals surface area contributed by atoms with Crippen molar-refractivity contribution in [3.63, 3.8) is 0 Å². The molecule has 0 fully saturated rings. The van der Waals surface area contributed by atoms with Crippen molar-refractivity contribution in [2.24, 2.45) is 5.92 Å². The number of rotatable bonds is 6. The molecule has 0 aliphatic carbocycles. The molecule has 0 amide bonds. The zero-order chi connectivity index (χ0) is 12.7. The van der Waals surface area contributed by atoms with E-state index >= 15 is 0 Å². The Bertz CT molecular complexity index is 370. The minimum Gasteiger partial charge on any atom is -0.460 e. The van der Waals surface area contributed by atoms with Gasteiger partial charge in [-0.25, -0.2) is 4.79 Å². The van der Waals surface area contributed by atoms with Gasteiger partial charge in [-0.3, -0.25) is 4.79 Å². The first kappa shape index (κ1) is 13.4. The smallest absolute Gasteiger partial charge is 0.374 e. The lowest BCUT2D eigenvalue weighted by atomic mass is 9.97. The van der Waals surface area contributed by atoms with Crippen LogP contribution >= 0.6 is 0 Å². The van der Waals surface area contributed by atoms with Crippen LogP contribution in [0, 0.1) is 5.92 Å². The van der Waals surface area contributed by atoms with Crippen molar-refractivity contribution in [2.45, 2.75) is 26.7 Å². The van der Waals surface area contributed by atoms with E-state index in [0.29, 0.717) is 6.42 Å². The molecule has 1 atom stereocenters. The normalized spacial score (nSPS) is 11.9. The first-order valence-corrected chi connectivity index (χ1v) is 5.90. The number of esters is 1. The lowest BCUT2D eigenvalue weighted by Crippen LogP contribution is -2.24. The number of ketones is 1. The molecule has 17 heavy (non-hydrogen) atoms. The highest BCUT2D eigenvalue weighted by Gasteiger charge is 2.21. The Morgan fingerprint density at radius 2 is 1.88 bits per heavy atom. The van der Waals surface area contributed by atoms with Crippen molar-refractivity contribution in [1.29, 1.82) is 0 Å². The summed E-state index contributed by atoms with van der Waals surface area (Å²) >= 11 is 0. The second-order valence-electron chi connectivity index (χ2n) is 4.01. The predicted molar refractivity (Wildman–Crippen MR) is 65.6 cm³/mol. The van der Waals surface area contributed by atoms with Gasteiger partial charge in [-0.15, -0.1) is 0 Å². The van der Waals surface area contributed by atoms with Gasteiger partial charge in [0.05, 0.1) is 6.61 Å². The molecular formula is C14H18O3. The summed E-state index contributed by atoms with van der Waals surface area (Å²) < 4.78 is 4.69. The Balaban J connectivity index is 2.42. The van der Waals surface area contributed by atoms with Gasteiger partial charge in [0.15, 0.2) is 0 Å². The highest BCUT2D eigenvalue weighted by atomic mass is 16.5. The van der Waals surface area contributed by atoms with Gasteiger partial charge < -0.3 is 4.74 Å². The molecule has 1 rings (SSSR count). The standard InChI is InChI=1S/C14H18O3/c1-3-17-14(16)13(15)11(2)9-10-12-7-5-4-6-8-12/h4-8,11H,3,9-10H2,1-2H3. The van der Waals surface area contributed by atoms with Gasteiger partial charge in [-0.1, -0.05) is 37.3 Å². The van der Waals surface area contributed by atoms with Gasteiger partial charge in [0.1, 0.15) is 0 Å². The van der Waals surface area contributed by atoms with Crippen LogP contribution in [0.3, 0.4) is 0 Å². The monoisotopic (exact) mass is 234 g/mol. The quantitative estimate of drug-likeness (QED) is 0.560. The van der Waals surface area contributed by atoms with Crippen LogP contribution < -0.4 is 0 Å². The van der Waals surface area contributed by atoms with Gasteiger partial charge in [-0.05, 0) is 25.3 Å². The maximum atomic E-state index is 11.6. The third-order valence-corrected chi connectivity index (χ3v) is 2.63. The van der Waals surface area contributed by atoms with Gasteiger partial charge in [-0.2, -0.15) is 0 Å². The molecule has 1 aromatic rings. The number of hydrogen-bond acceptors (Lipinski definition) is 3. The third kappa shape index (κ3) is 4.39. The first-order valence-electron chi connectivity index (χ1n) is 5.90. The average Bonchev–Trinajstić information content (AvgIpc) is 2.36. The fraction of sp³-hybridized carbons (Fsp3) is 0.429. The Morgan fingerprint density at radius 3 is 2.47 bits per heavy atom. The molecule has 0 aliphatic rings. The molecule has 0 bridgehead atoms. The minimum absolute atomic E-state index is 0.246. The lowest BCUT2D eigenvalue weighted by molar-refractivity contribution is -0.155. The summed E-state index contributed by atoms with van der Waals surface area (Å²) in [7, 11) is 0. The maximum Gasteiger partial charge on any atom is 0.374 e. The van der Waals surface area contributed by atoms with Crippen LogP contribution in [0.4, 0.5) is 0 Å². The zero-order valence-corrected chi connectivity index (χ0v) is 10.3. The summed E-state index contributed by atoms with van der Waals surface area (Å²) in [4.78, 5) is 22.8. The van der Waals surface area contributed by atoms with E-state index in [1.807, 2.05) is 30.3 Å². The van der Waals surface area contributed by atoms with Crippen LogP contribution in [-0.4, -0.2) is 18.4 Å². The molecule has 92 valence electrons. The van der Waals surface area contributed by atoms with Gasteiger partial charge >= 0.3 is 5.97 Å². The molecule has 3 heteroatoms. The molecule has 0 N–H and O–H groups in total. The number of hydrogen-bond donors (Lipinski definition) is 0. The highest BCUT2D eigenvalue weighted by molar-refractivity contribution is 6.34. The molecule has 0 radical (unpaired) electrons. The van der Waals surface area contributed by atoms with Crippen LogP contribution in [0.5, 0.6) is 0 Å². The topological polar surface area (TPSA) is 43.4 Å². The highest BCUT2D eigenvalue weighted by Crippen LogP contribution is 2.11. The largest absolute Gasteiger partial charge is 0.460 e. The van der Waals surface area contributed by atoms with Gasteiger partial charge in [0.2, 0.25) is 5.78 Å². The number of benzene rings is 1. The fourth-order valence-corrected chi connectivity index (χ4v) is 1.56. The first-order chi connectivity index (χ1) is 8.15. The van der Waals surface area contributed by atoms with E-state index in [2.05, 4.69) is 4.74 Å². The molecule has 0 aliphatic heterocycles. The van der Waals surface area contributed by atoms with Crippen LogP contribution in [0.1, 0.15) is 25.8 Å². The van der Waals surface area contributed by atoms with Crippen LogP contribution in [0.15, 0.2) is 30.3 Å². The molecule has 3 nitrogen and oxygen atoms in total. The van der Waals surface area contributed by atoms with E-state index in [1.54, 1.807) is 13.8 Å². The van der Waals surface area contributed by atoms with E-state index in [9.17, 15) is 9.59 Å². The van der Waals surface area contributed by atoms with Crippen LogP contribution in [0.2, 0.25) is 0 Å². The second-order valence-corrected chi connectivity index (χ2v) is 4.01. The Hall–Kier alpha value is -1.64. The Labute approximate surface area is 102 Å². The molecule has 1 unspecified atom stereocenters. The molecule has 0 saturated carbocycles. The number of carbonyl (C=O) groups excluding carboxylic acids is 2. The Morgan fingerprint density at radius 1 is 1.24 bits per heavy atom. The van der Waals surface area contributed by atoms with Crippen molar-refractivity contribution in [1.82, 2.24) is 0 Å².